The highest BCUT2D eigenvalue weighted by Gasteiger charge is 2.20. The topological polar surface area (TPSA) is 102 Å². The molecule has 0 radical (unpaired) electrons. The molecule has 0 atom stereocenters. The van der Waals surface area contributed by atoms with Gasteiger partial charge in [-0.25, -0.2) is 26.5 Å². The number of aromatic nitrogens is 1. The van der Waals surface area contributed by atoms with Gasteiger partial charge in [-0.3, -0.25) is 0 Å². The van der Waals surface area contributed by atoms with Crippen LogP contribution in [0.1, 0.15) is 31.2 Å². The molecular weight excluding hydrogens is 388 g/mol. The summed E-state index contributed by atoms with van der Waals surface area (Å²) in [6.07, 6.45) is 7.03. The predicted molar refractivity (Wildman–Crippen MR) is 101 cm³/mol. The second-order valence-electron chi connectivity index (χ2n) is 6.56. The Bertz CT molecular complexity index is 996. The van der Waals surface area contributed by atoms with E-state index in [0.29, 0.717) is 11.4 Å². The number of ether oxygens (including phenoxy) is 1. The van der Waals surface area contributed by atoms with Gasteiger partial charge in [-0.1, -0.05) is 6.07 Å². The van der Waals surface area contributed by atoms with Crippen LogP contribution in [0.25, 0.3) is 0 Å². The van der Waals surface area contributed by atoms with Gasteiger partial charge < -0.3 is 4.74 Å². The number of rotatable bonds is 7. The minimum Gasteiger partial charge on any atom is -0.474 e. The Hall–Kier alpha value is -1.97. The highest BCUT2D eigenvalue weighted by atomic mass is 32.2. The normalized spacial score (nSPS) is 15.7. The van der Waals surface area contributed by atoms with Crippen molar-refractivity contribution in [1.82, 2.24) is 9.71 Å². The van der Waals surface area contributed by atoms with E-state index in [1.807, 2.05) is 0 Å². The van der Waals surface area contributed by atoms with Crippen molar-refractivity contribution in [3.05, 3.63) is 48.2 Å². The Morgan fingerprint density at radius 2 is 1.67 bits per heavy atom. The number of nitrogens with zero attached hydrogens (tertiary/aromatic N) is 1. The number of hydrogen-bond donors (Lipinski definition) is 1. The van der Waals surface area contributed by atoms with Crippen LogP contribution in [-0.2, 0) is 26.4 Å². The molecule has 0 aliphatic heterocycles. The average Bonchev–Trinajstić information content (AvgIpc) is 3.13. The largest absolute Gasteiger partial charge is 0.474 e. The first-order valence-electron chi connectivity index (χ1n) is 8.66. The molecule has 27 heavy (non-hydrogen) atoms. The van der Waals surface area contributed by atoms with Gasteiger partial charge in [0.25, 0.3) is 0 Å². The molecule has 0 amide bonds. The van der Waals surface area contributed by atoms with Crippen molar-refractivity contribution < 1.29 is 21.6 Å². The molecule has 9 heteroatoms. The van der Waals surface area contributed by atoms with Gasteiger partial charge in [-0.15, -0.1) is 0 Å². The van der Waals surface area contributed by atoms with Crippen LogP contribution in [0, 0.1) is 0 Å². The number of nitrogens with one attached hydrogen (secondary N) is 1. The molecule has 1 aliphatic rings. The molecule has 1 N–H and O–H groups in total. The highest BCUT2D eigenvalue weighted by molar-refractivity contribution is 7.90. The maximum absolute atomic E-state index is 12.5. The fourth-order valence-corrected chi connectivity index (χ4v) is 4.59. The molecule has 0 spiro atoms. The van der Waals surface area contributed by atoms with E-state index < -0.39 is 19.9 Å². The van der Waals surface area contributed by atoms with Crippen molar-refractivity contribution >= 4 is 19.9 Å². The molecule has 1 aromatic heterocycles. The second kappa shape index (κ2) is 7.95. The molecule has 1 heterocycles. The lowest BCUT2D eigenvalue weighted by Gasteiger charge is -2.15. The molecule has 1 aromatic carbocycles. The van der Waals surface area contributed by atoms with Gasteiger partial charge in [-0.2, -0.15) is 0 Å². The Kier molecular flexibility index (Phi) is 5.83. The monoisotopic (exact) mass is 410 g/mol. The van der Waals surface area contributed by atoms with Crippen LogP contribution < -0.4 is 9.46 Å². The zero-order valence-electron chi connectivity index (χ0n) is 15.0. The van der Waals surface area contributed by atoms with Crippen LogP contribution in [0.2, 0.25) is 0 Å². The predicted octanol–water partition coefficient (Wildman–Crippen LogP) is 2.29. The molecule has 0 unspecified atom stereocenters. The third-order valence-corrected chi connectivity index (χ3v) is 6.99. The number of hydrogen-bond acceptors (Lipinski definition) is 6. The van der Waals surface area contributed by atoms with Crippen LogP contribution in [0.5, 0.6) is 5.88 Å². The summed E-state index contributed by atoms with van der Waals surface area (Å²) < 4.78 is 56.4. The fraction of sp³-hybridized carbons (Fsp3) is 0.389. The van der Waals surface area contributed by atoms with E-state index in [0.717, 1.165) is 31.9 Å². The summed E-state index contributed by atoms with van der Waals surface area (Å²) in [4.78, 5) is 4.30. The SMILES string of the molecule is CS(=O)(=O)c1ccc(S(=O)(=O)NCc2cccnc2OC2CCCC2)cc1. The quantitative estimate of drug-likeness (QED) is 0.751. The molecular formula is C18H22N2O5S2. The molecule has 1 saturated carbocycles. The minimum atomic E-state index is -3.79. The summed E-state index contributed by atoms with van der Waals surface area (Å²) in [5, 5.41) is 0. The standard InChI is InChI=1S/C18H22N2O5S2/c1-26(21,22)16-8-10-17(11-9-16)27(23,24)20-13-14-5-4-12-19-18(14)25-15-6-2-3-7-15/h4-5,8-12,15,20H,2-3,6-7,13H2,1H3. The van der Waals surface area contributed by atoms with Crippen molar-refractivity contribution in [3.8, 4) is 5.88 Å². The van der Waals surface area contributed by atoms with Crippen molar-refractivity contribution in [1.29, 1.82) is 0 Å². The van der Waals surface area contributed by atoms with Gasteiger partial charge in [0.2, 0.25) is 15.9 Å². The molecule has 1 aliphatic carbocycles. The third-order valence-electron chi connectivity index (χ3n) is 4.45. The van der Waals surface area contributed by atoms with E-state index in [1.54, 1.807) is 18.3 Å². The second-order valence-corrected chi connectivity index (χ2v) is 10.3. The lowest BCUT2D eigenvalue weighted by atomic mass is 10.2. The summed E-state index contributed by atoms with van der Waals surface area (Å²) in [7, 11) is -7.17. The van der Waals surface area contributed by atoms with Crippen LogP contribution in [0.4, 0.5) is 0 Å². The average molecular weight is 411 g/mol. The molecule has 2 aromatic rings. The molecule has 7 nitrogen and oxygen atoms in total. The van der Waals surface area contributed by atoms with E-state index in [9.17, 15) is 16.8 Å². The fourth-order valence-electron chi connectivity index (χ4n) is 2.95. The molecule has 0 bridgehead atoms. The maximum Gasteiger partial charge on any atom is 0.240 e. The van der Waals surface area contributed by atoms with E-state index in [4.69, 9.17) is 4.74 Å². The minimum absolute atomic E-state index is 0.00273. The first kappa shape index (κ1) is 19.8. The summed E-state index contributed by atoms with van der Waals surface area (Å²) in [5.41, 5.74) is 0.653. The van der Waals surface area contributed by atoms with Crippen molar-refractivity contribution in [3.63, 3.8) is 0 Å². The van der Waals surface area contributed by atoms with Gasteiger partial charge in [0.05, 0.1) is 9.79 Å². The smallest absolute Gasteiger partial charge is 0.240 e. The van der Waals surface area contributed by atoms with Crippen LogP contribution in [0.15, 0.2) is 52.4 Å². The Morgan fingerprint density at radius 3 is 2.30 bits per heavy atom. The highest BCUT2D eigenvalue weighted by Crippen LogP contribution is 2.25. The van der Waals surface area contributed by atoms with Gasteiger partial charge in [0.15, 0.2) is 9.84 Å². The van der Waals surface area contributed by atoms with Gasteiger partial charge in [-0.05, 0) is 56.0 Å². The summed E-state index contributed by atoms with van der Waals surface area (Å²) >= 11 is 0. The summed E-state index contributed by atoms with van der Waals surface area (Å²) in [6.45, 7) is 0.0338. The molecule has 1 fully saturated rings. The van der Waals surface area contributed by atoms with Crippen molar-refractivity contribution in [2.24, 2.45) is 0 Å². The Labute approximate surface area is 159 Å². The van der Waals surface area contributed by atoms with Gasteiger partial charge >= 0.3 is 0 Å². The Morgan fingerprint density at radius 1 is 1.04 bits per heavy atom. The summed E-state index contributed by atoms with van der Waals surface area (Å²) in [6, 6.07) is 8.61. The molecule has 0 saturated heterocycles. The van der Waals surface area contributed by atoms with Crippen molar-refractivity contribution in [2.45, 2.75) is 48.1 Å². The van der Waals surface area contributed by atoms with E-state index in [2.05, 4.69) is 9.71 Å². The van der Waals surface area contributed by atoms with E-state index in [-0.39, 0.29) is 22.4 Å². The zero-order valence-corrected chi connectivity index (χ0v) is 16.6. The van der Waals surface area contributed by atoms with Crippen molar-refractivity contribution in [2.75, 3.05) is 6.26 Å². The molecule has 146 valence electrons. The number of sulfone groups is 1. The number of pyridine rings is 1. The summed E-state index contributed by atoms with van der Waals surface area (Å²) in [5.74, 6) is 0.444. The lowest BCUT2D eigenvalue weighted by Crippen LogP contribution is -2.24. The zero-order chi connectivity index (χ0) is 19.5. The lowest BCUT2D eigenvalue weighted by molar-refractivity contribution is 0.199. The maximum atomic E-state index is 12.5. The van der Waals surface area contributed by atoms with Crippen LogP contribution in [0.3, 0.4) is 0 Å². The first-order valence-corrected chi connectivity index (χ1v) is 12.0. The van der Waals surface area contributed by atoms with Gasteiger partial charge in [0, 0.05) is 24.6 Å². The van der Waals surface area contributed by atoms with E-state index in [1.165, 1.54) is 24.3 Å². The molecule has 3 rings (SSSR count). The third kappa shape index (κ3) is 5.06. The Balaban J connectivity index is 1.72. The van der Waals surface area contributed by atoms with Gasteiger partial charge in [0.1, 0.15) is 6.10 Å². The first-order chi connectivity index (χ1) is 12.8. The van der Waals surface area contributed by atoms with Crippen LogP contribution in [-0.4, -0.2) is 34.2 Å². The number of benzene rings is 1. The number of sulfonamides is 1. The van der Waals surface area contributed by atoms with Crippen LogP contribution >= 0.6 is 0 Å². The van der Waals surface area contributed by atoms with E-state index >= 15 is 0 Å².